The van der Waals surface area contributed by atoms with E-state index >= 15 is 0 Å². The number of hydrogen-bond acceptors (Lipinski definition) is 19. The molecule has 6 aromatic carbocycles. The molecule has 27 heteroatoms. The molecule has 0 saturated heterocycles. The van der Waals surface area contributed by atoms with E-state index in [4.69, 9.17) is 20.0 Å². The molecule has 0 aliphatic heterocycles. The van der Waals surface area contributed by atoms with Gasteiger partial charge in [-0.15, -0.1) is 32.2 Å². The van der Waals surface area contributed by atoms with E-state index in [-0.39, 0.29) is 59.8 Å². The Balaban J connectivity index is 0.000000202. The number of phenolic OH excluding ortho intramolecular Hbond substituents is 2. The second-order valence-corrected chi connectivity index (χ2v) is 28.8. The lowest BCUT2D eigenvalue weighted by atomic mass is 9.92. The van der Waals surface area contributed by atoms with Crippen LogP contribution < -0.4 is 26.0 Å². The number of aromatic nitrogens is 10. The number of carbonyl (C=O) groups is 2. The first-order valence-electron chi connectivity index (χ1n) is 31.3. The number of nitrogens with one attached hydrogen (secondary N) is 4. The fraction of sp³-hybridized carbons (Fsp3) is 0.205. The number of thioether (sulfide) groups is 3. The average Bonchev–Trinajstić information content (AvgIpc) is 1.65. The van der Waals surface area contributed by atoms with Crippen LogP contribution in [0.25, 0.3) is 45.4 Å². The van der Waals surface area contributed by atoms with Crippen molar-refractivity contribution in [1.82, 2.24) is 59.4 Å². The first-order chi connectivity index (χ1) is 48.4. The third-order valence-electron chi connectivity index (χ3n) is 15.8. The lowest BCUT2D eigenvalue weighted by Gasteiger charge is -2.20. The van der Waals surface area contributed by atoms with Gasteiger partial charge in [0.2, 0.25) is 0 Å². The summed E-state index contributed by atoms with van der Waals surface area (Å²) >= 11 is 8.25. The molecule has 508 valence electrons. The van der Waals surface area contributed by atoms with E-state index in [0.29, 0.717) is 40.2 Å². The molecule has 0 saturated carbocycles. The van der Waals surface area contributed by atoms with Gasteiger partial charge in [0.15, 0.2) is 22.9 Å². The molecule has 0 unspecified atom stereocenters. The van der Waals surface area contributed by atoms with Gasteiger partial charge in [-0.2, -0.15) is 44.2 Å². The Morgan fingerprint density at radius 3 is 1.48 bits per heavy atom. The smallest absolute Gasteiger partial charge is 0.320 e. The maximum absolute atomic E-state index is 13.4. The molecule has 4 amide bonds. The minimum absolute atomic E-state index is 0.0540. The van der Waals surface area contributed by atoms with Gasteiger partial charge in [0.25, 0.3) is 0 Å². The van der Waals surface area contributed by atoms with Crippen molar-refractivity contribution in [2.75, 3.05) is 54.1 Å². The van der Waals surface area contributed by atoms with Crippen LogP contribution >= 0.6 is 58.8 Å². The molecule has 12 aromatic rings. The molecule has 0 aliphatic carbocycles. The maximum Gasteiger partial charge on any atom is 0.320 e. The Kier molecular flexibility index (Phi) is 22.7. The van der Waals surface area contributed by atoms with Crippen LogP contribution in [0.3, 0.4) is 0 Å². The van der Waals surface area contributed by atoms with E-state index in [1.54, 1.807) is 86.4 Å². The number of amides is 4. The number of urea groups is 2. The summed E-state index contributed by atoms with van der Waals surface area (Å²) in [7, 11) is 0. The monoisotopic (exact) mass is 1430 g/mol. The maximum atomic E-state index is 13.4. The lowest BCUT2D eigenvalue weighted by molar-refractivity contribution is 0.201. The zero-order valence-electron chi connectivity index (χ0n) is 55.5. The van der Waals surface area contributed by atoms with Crippen LogP contribution in [0.2, 0.25) is 0 Å². The summed E-state index contributed by atoms with van der Waals surface area (Å²) in [5.74, 6) is 4.38. The number of hydrogen-bond donors (Lipinski definition) is 7. The largest absolute Gasteiger partial charge is 0.507 e. The number of aliphatic hydroxyl groups is 1. The van der Waals surface area contributed by atoms with E-state index in [1.807, 2.05) is 167 Å². The first-order valence-corrected chi connectivity index (χ1v) is 37.0. The summed E-state index contributed by atoms with van der Waals surface area (Å²) in [5, 5.41) is 87.2. The van der Waals surface area contributed by atoms with Crippen LogP contribution in [-0.2, 0) is 23.9 Å². The summed E-state index contributed by atoms with van der Waals surface area (Å²) in [6.07, 6.45) is 10.2. The van der Waals surface area contributed by atoms with Gasteiger partial charge in [0.1, 0.15) is 47.6 Å². The minimum atomic E-state index is -0.423. The van der Waals surface area contributed by atoms with Crippen LogP contribution in [0.15, 0.2) is 207 Å². The van der Waals surface area contributed by atoms with Crippen LogP contribution in [0.4, 0.5) is 21.2 Å². The second kappa shape index (κ2) is 32.1. The molecule has 22 nitrogen and oxygen atoms in total. The molecule has 0 fully saturated rings. The number of rotatable bonds is 24. The van der Waals surface area contributed by atoms with E-state index in [9.17, 15) is 30.3 Å². The van der Waals surface area contributed by atoms with Gasteiger partial charge in [-0.3, -0.25) is 19.4 Å². The van der Waals surface area contributed by atoms with Gasteiger partial charge in [0.05, 0.1) is 40.5 Å². The Hall–Kier alpha value is -10.4. The standard InChI is InChI=1S/C37H36N8O4S2.C36H34N8O2S3/c1-37(2,23-50-3)32-19-34(45(43-32)27-10-14-30(47)26(18-27)20-38)40-36(48)39-21-25-6-4-5-7-31(25)51-29-13-15-33-41-42-35(44(33)22-29)24-8-11-28(12-9-24)49-17-16-46;1-36(2,22-47-3)31-18-33(44(42-31)25-13-15-28(45)24(17-25)19-37)39-35(46)38-20-23-9-5-7-11-29(23)49-26-14-16-32-40-41-34(43(32)21-26)27-10-6-8-12-30(27)48-4/h4-15,18-19,22,46-47H,16-17,21,23H2,1-3H3,(H2,39,40,48);5-18,21,45H,20,22H2,1-4H3,(H2,38,39,46). The number of nitrogens with zero attached hydrogens (tertiary/aromatic N) is 12. The topological polar surface area (TPSA) is 296 Å². The Morgan fingerprint density at radius 2 is 1.01 bits per heavy atom. The van der Waals surface area contributed by atoms with Gasteiger partial charge in [-0.1, -0.05) is 106 Å². The third-order valence-corrected chi connectivity index (χ3v) is 20.8. The number of aromatic hydroxyl groups is 2. The highest BCUT2D eigenvalue weighted by molar-refractivity contribution is 8.00. The number of nitriles is 2. The number of ether oxygens (including phenoxy) is 1. The number of fused-ring (bicyclic) bond motifs is 2. The van der Waals surface area contributed by atoms with E-state index in [2.05, 4.69) is 87.7 Å². The van der Waals surface area contributed by atoms with Crippen molar-refractivity contribution in [3.63, 3.8) is 0 Å². The van der Waals surface area contributed by atoms with E-state index < -0.39 is 12.1 Å². The zero-order valence-corrected chi connectivity index (χ0v) is 59.6. The molecular formula is C73H70N16O6S5. The first kappa shape index (κ1) is 70.9. The molecular weight excluding hydrogens is 1360 g/mol. The molecule has 0 aliphatic rings. The summed E-state index contributed by atoms with van der Waals surface area (Å²) in [6.45, 7) is 9.08. The predicted octanol–water partition coefficient (Wildman–Crippen LogP) is 14.6. The van der Waals surface area contributed by atoms with Gasteiger partial charge >= 0.3 is 12.1 Å². The van der Waals surface area contributed by atoms with Crippen LogP contribution in [0.5, 0.6) is 17.2 Å². The highest BCUT2D eigenvalue weighted by Gasteiger charge is 2.28. The van der Waals surface area contributed by atoms with Gasteiger partial charge in [-0.05, 0) is 133 Å². The average molecular weight is 1430 g/mol. The van der Waals surface area contributed by atoms with Crippen molar-refractivity contribution in [3.8, 4) is 63.5 Å². The number of benzene rings is 6. The summed E-state index contributed by atoms with van der Waals surface area (Å²) < 4.78 is 12.6. The summed E-state index contributed by atoms with van der Waals surface area (Å²) in [5.41, 5.74) is 7.53. The quantitative estimate of drug-likeness (QED) is 0.0277. The van der Waals surface area contributed by atoms with Crippen molar-refractivity contribution in [2.45, 2.75) is 76.1 Å². The number of carbonyl (C=O) groups excluding carboxylic acids is 2. The number of phenols is 2. The number of anilines is 2. The lowest BCUT2D eigenvalue weighted by Crippen LogP contribution is -2.29. The molecule has 12 rings (SSSR count). The number of pyridine rings is 2. The highest BCUT2D eigenvalue weighted by atomic mass is 32.2. The molecule has 0 spiro atoms. The Morgan fingerprint density at radius 1 is 0.550 bits per heavy atom. The van der Waals surface area contributed by atoms with Gasteiger partial charge in [-0.25, -0.2) is 19.0 Å². The second-order valence-electron chi connectivity index (χ2n) is 24.0. The predicted molar refractivity (Wildman–Crippen MR) is 397 cm³/mol. The van der Waals surface area contributed by atoms with Crippen molar-refractivity contribution < 1.29 is 29.6 Å². The van der Waals surface area contributed by atoms with Crippen LogP contribution in [0, 0.1) is 22.7 Å². The van der Waals surface area contributed by atoms with E-state index in [0.717, 1.165) is 81.1 Å². The zero-order chi connectivity index (χ0) is 70.5. The SMILES string of the molecule is CSCC(C)(C)c1cc(NC(=O)NCc2ccccc2Sc2ccc3nnc(-c4ccc(OCCO)cc4)n3c2)n(-c2ccc(O)c(C#N)c2)n1.CSCC(C)(C)c1cc(NC(=O)NCc2ccccc2Sc2ccc3nnc(-c4ccccc4SC)n3c2)n(-c2ccc(O)c(C#N)c2)n1. The molecule has 0 bridgehead atoms. The molecule has 6 heterocycles. The van der Waals surface area contributed by atoms with Crippen molar-refractivity contribution >= 4 is 93.8 Å². The highest BCUT2D eigenvalue weighted by Crippen LogP contribution is 2.37. The number of aliphatic hydroxyl groups excluding tert-OH is 1. The molecule has 0 radical (unpaired) electrons. The Labute approximate surface area is 599 Å². The molecule has 0 atom stereocenters. The Bertz CT molecular complexity index is 5020. The van der Waals surface area contributed by atoms with Crippen molar-refractivity contribution in [2.24, 2.45) is 0 Å². The molecule has 7 N–H and O–H groups in total. The van der Waals surface area contributed by atoms with Gasteiger partial charge < -0.3 is 30.7 Å². The minimum Gasteiger partial charge on any atom is -0.507 e. The molecule has 6 aromatic heterocycles. The fourth-order valence-corrected chi connectivity index (χ4v) is 15.0. The fourth-order valence-electron chi connectivity index (χ4n) is 10.7. The van der Waals surface area contributed by atoms with Crippen molar-refractivity contribution in [3.05, 3.63) is 216 Å². The molecule has 100 heavy (non-hydrogen) atoms. The van der Waals surface area contributed by atoms with Crippen molar-refractivity contribution in [1.29, 1.82) is 10.5 Å². The summed E-state index contributed by atoms with van der Waals surface area (Å²) in [4.78, 5) is 31.8. The van der Waals surface area contributed by atoms with E-state index in [1.165, 1.54) is 18.2 Å². The van der Waals surface area contributed by atoms with Crippen LogP contribution in [0.1, 0.15) is 61.3 Å². The third kappa shape index (κ3) is 16.7. The van der Waals surface area contributed by atoms with Crippen LogP contribution in [-0.4, -0.2) is 120 Å². The van der Waals surface area contributed by atoms with Gasteiger partial charge in [0, 0.05) is 95.6 Å². The summed E-state index contributed by atoms with van der Waals surface area (Å²) in [6, 6.07) is 55.5. The normalized spacial score (nSPS) is 11.4.